The fourth-order valence-corrected chi connectivity index (χ4v) is 6.88. The van der Waals surface area contributed by atoms with Crippen LogP contribution in [0.25, 0.3) is 0 Å². The van der Waals surface area contributed by atoms with E-state index in [2.05, 4.69) is 42.5 Å². The molecular weight excluding hydrogens is 592 g/mol. The van der Waals surface area contributed by atoms with Crippen LogP contribution < -0.4 is 29.9 Å². The summed E-state index contributed by atoms with van der Waals surface area (Å²) in [5.74, 6) is 3.12. The van der Waals surface area contributed by atoms with E-state index in [1.807, 2.05) is 12.4 Å². The zero-order valence-electron chi connectivity index (χ0n) is 26.8. The fraction of sp³-hybridized carbons (Fsp3) is 0.706. The zero-order valence-corrected chi connectivity index (χ0v) is 27.6. The standard InChI is InChI=1S/2C17H27N3O2.ClH/c2*21-8-2-3-14-5-7-20(12-14)16-9-17(11-18-10-16)22-13-15-4-1-6-19-15;/h2*9-11,14-15,19,21H,1-8,12-13H2;1H/t2*14-,15+;/m11./s1. The Balaban J connectivity index is 0.000000200. The topological polar surface area (TPSA) is 115 Å². The maximum absolute atomic E-state index is 8.95. The monoisotopic (exact) mass is 646 g/mol. The average Bonchev–Trinajstić information content (AvgIpc) is 3.90. The first-order chi connectivity index (χ1) is 21.7. The van der Waals surface area contributed by atoms with Gasteiger partial charge in [0.25, 0.3) is 0 Å². The summed E-state index contributed by atoms with van der Waals surface area (Å²) in [5.41, 5.74) is 2.31. The Kier molecular flexibility index (Phi) is 15.2. The van der Waals surface area contributed by atoms with Gasteiger partial charge in [0.15, 0.2) is 0 Å². The largest absolute Gasteiger partial charge is 0.490 e. The molecule has 0 spiro atoms. The summed E-state index contributed by atoms with van der Waals surface area (Å²) in [6.45, 7) is 8.55. The van der Waals surface area contributed by atoms with E-state index in [0.717, 1.165) is 101 Å². The van der Waals surface area contributed by atoms with E-state index in [4.69, 9.17) is 19.7 Å². The quantitative estimate of drug-likeness (QED) is 0.240. The minimum atomic E-state index is 0. The molecule has 4 atom stereocenters. The molecule has 0 radical (unpaired) electrons. The van der Waals surface area contributed by atoms with Gasteiger partial charge in [-0.25, -0.2) is 0 Å². The van der Waals surface area contributed by atoms with Crippen LogP contribution >= 0.6 is 12.4 Å². The second-order valence-electron chi connectivity index (χ2n) is 12.9. The van der Waals surface area contributed by atoms with Gasteiger partial charge in [0.1, 0.15) is 24.7 Å². The fourth-order valence-electron chi connectivity index (χ4n) is 6.88. The molecule has 0 amide bonds. The number of nitrogens with one attached hydrogen (secondary N) is 2. The summed E-state index contributed by atoms with van der Waals surface area (Å²) < 4.78 is 11.8. The van der Waals surface area contributed by atoms with Gasteiger partial charge in [-0.05, 0) is 89.1 Å². The summed E-state index contributed by atoms with van der Waals surface area (Å²) in [7, 11) is 0. The van der Waals surface area contributed by atoms with Gasteiger partial charge in [0.2, 0.25) is 0 Å². The Morgan fingerprint density at radius 2 is 1.16 bits per heavy atom. The van der Waals surface area contributed by atoms with Crippen molar-refractivity contribution in [2.24, 2.45) is 11.8 Å². The summed E-state index contributed by atoms with van der Waals surface area (Å²) in [6, 6.07) is 5.18. The number of halogens is 1. The molecule has 0 bridgehead atoms. The smallest absolute Gasteiger partial charge is 0.139 e. The third-order valence-corrected chi connectivity index (χ3v) is 9.47. The van der Waals surface area contributed by atoms with Crippen LogP contribution in [-0.4, -0.2) is 98.0 Å². The summed E-state index contributed by atoms with van der Waals surface area (Å²) in [4.78, 5) is 13.4. The third kappa shape index (κ3) is 11.4. The zero-order chi connectivity index (χ0) is 30.4. The average molecular weight is 647 g/mol. The first-order valence-electron chi connectivity index (χ1n) is 17.0. The lowest BCUT2D eigenvalue weighted by molar-refractivity contribution is 0.273. The molecule has 0 unspecified atom stereocenters. The molecule has 4 saturated heterocycles. The van der Waals surface area contributed by atoms with Gasteiger partial charge in [-0.3, -0.25) is 9.97 Å². The molecule has 45 heavy (non-hydrogen) atoms. The summed E-state index contributed by atoms with van der Waals surface area (Å²) in [6.07, 6.45) is 18.8. The number of hydrogen-bond donors (Lipinski definition) is 4. The first kappa shape index (κ1) is 35.5. The SMILES string of the molecule is Cl.OCCC[C@@H]1CCN(c2cncc(OC[C@@H]3CCCN3)c2)C1.OCCC[C@@H]1CCN(c2cncc(OC[C@@H]3CCCN3)c2)C1. The van der Waals surface area contributed by atoms with Gasteiger partial charge in [0.05, 0.1) is 36.2 Å². The van der Waals surface area contributed by atoms with E-state index >= 15 is 0 Å². The van der Waals surface area contributed by atoms with Crippen molar-refractivity contribution in [3.63, 3.8) is 0 Å². The second kappa shape index (κ2) is 19.3. The molecule has 11 heteroatoms. The van der Waals surface area contributed by atoms with Crippen LogP contribution in [-0.2, 0) is 0 Å². The van der Waals surface area contributed by atoms with Gasteiger partial charge in [-0.2, -0.15) is 0 Å². The van der Waals surface area contributed by atoms with Gasteiger partial charge in [-0.1, -0.05) is 0 Å². The number of nitrogens with zero attached hydrogens (tertiary/aromatic N) is 4. The normalized spacial score (nSPS) is 24.3. The van der Waals surface area contributed by atoms with Crippen molar-refractivity contribution < 1.29 is 19.7 Å². The van der Waals surface area contributed by atoms with Crippen LogP contribution in [0.5, 0.6) is 11.5 Å². The van der Waals surface area contributed by atoms with Crippen LogP contribution in [0.15, 0.2) is 36.9 Å². The number of rotatable bonds is 14. The van der Waals surface area contributed by atoms with E-state index in [1.165, 1.54) is 38.5 Å². The maximum atomic E-state index is 8.95. The number of pyridine rings is 2. The van der Waals surface area contributed by atoms with Gasteiger partial charge in [0, 0.05) is 63.6 Å². The van der Waals surface area contributed by atoms with Crippen molar-refractivity contribution in [1.29, 1.82) is 0 Å². The Bertz CT molecular complexity index is 1020. The maximum Gasteiger partial charge on any atom is 0.139 e. The highest BCUT2D eigenvalue weighted by atomic mass is 35.5. The number of aliphatic hydroxyl groups excluding tert-OH is 2. The van der Waals surface area contributed by atoms with Gasteiger partial charge < -0.3 is 40.1 Å². The van der Waals surface area contributed by atoms with E-state index in [1.54, 1.807) is 12.4 Å². The predicted molar refractivity (Wildman–Crippen MR) is 182 cm³/mol. The molecule has 2 aromatic heterocycles. The van der Waals surface area contributed by atoms with Crippen LogP contribution in [0.3, 0.4) is 0 Å². The summed E-state index contributed by atoms with van der Waals surface area (Å²) >= 11 is 0. The van der Waals surface area contributed by atoms with Crippen LogP contribution in [0, 0.1) is 11.8 Å². The molecule has 4 fully saturated rings. The number of anilines is 2. The molecule has 6 rings (SSSR count). The molecular formula is C34H55ClN6O4. The van der Waals surface area contributed by atoms with Crippen molar-refractivity contribution in [3.8, 4) is 11.5 Å². The minimum Gasteiger partial charge on any atom is -0.490 e. The molecule has 4 N–H and O–H groups in total. The Morgan fingerprint density at radius 3 is 1.56 bits per heavy atom. The lowest BCUT2D eigenvalue weighted by Gasteiger charge is -2.19. The highest BCUT2D eigenvalue weighted by molar-refractivity contribution is 5.85. The second-order valence-corrected chi connectivity index (χ2v) is 12.9. The van der Waals surface area contributed by atoms with E-state index in [9.17, 15) is 0 Å². The number of ether oxygens (including phenoxy) is 2. The molecule has 2 aromatic rings. The third-order valence-electron chi connectivity index (χ3n) is 9.47. The lowest BCUT2D eigenvalue weighted by atomic mass is 10.0. The summed E-state index contributed by atoms with van der Waals surface area (Å²) in [5, 5.41) is 24.8. The molecule has 0 saturated carbocycles. The molecule has 6 heterocycles. The van der Waals surface area contributed by atoms with Crippen LogP contribution in [0.2, 0.25) is 0 Å². The molecule has 252 valence electrons. The molecule has 0 aromatic carbocycles. The van der Waals surface area contributed by atoms with E-state index in [0.29, 0.717) is 37.1 Å². The molecule has 10 nitrogen and oxygen atoms in total. The Morgan fingerprint density at radius 1 is 0.689 bits per heavy atom. The van der Waals surface area contributed by atoms with Crippen molar-refractivity contribution in [1.82, 2.24) is 20.6 Å². The van der Waals surface area contributed by atoms with Crippen molar-refractivity contribution in [2.45, 2.75) is 76.3 Å². The van der Waals surface area contributed by atoms with E-state index in [-0.39, 0.29) is 12.4 Å². The van der Waals surface area contributed by atoms with Crippen molar-refractivity contribution in [2.75, 3.05) is 75.5 Å². The number of aliphatic hydroxyl groups is 2. The molecule has 4 aliphatic heterocycles. The predicted octanol–water partition coefficient (Wildman–Crippen LogP) is 4.04. The van der Waals surface area contributed by atoms with Crippen molar-refractivity contribution in [3.05, 3.63) is 36.9 Å². The van der Waals surface area contributed by atoms with Crippen molar-refractivity contribution >= 4 is 23.8 Å². The van der Waals surface area contributed by atoms with Crippen LogP contribution in [0.4, 0.5) is 11.4 Å². The van der Waals surface area contributed by atoms with E-state index < -0.39 is 0 Å². The number of hydrogen-bond acceptors (Lipinski definition) is 10. The Labute approximate surface area is 275 Å². The van der Waals surface area contributed by atoms with Gasteiger partial charge >= 0.3 is 0 Å². The lowest BCUT2D eigenvalue weighted by Crippen LogP contribution is -2.28. The molecule has 4 aliphatic rings. The highest BCUT2D eigenvalue weighted by Crippen LogP contribution is 2.29. The van der Waals surface area contributed by atoms with Crippen LogP contribution in [0.1, 0.15) is 64.2 Å². The minimum absolute atomic E-state index is 0. The first-order valence-corrected chi connectivity index (χ1v) is 17.0. The Hall–Kier alpha value is -2.37. The number of aromatic nitrogens is 2. The molecule has 0 aliphatic carbocycles. The highest BCUT2D eigenvalue weighted by Gasteiger charge is 2.24. The van der Waals surface area contributed by atoms with Gasteiger partial charge in [-0.15, -0.1) is 12.4 Å².